The Hall–Kier alpha value is -3.49. The van der Waals surface area contributed by atoms with Gasteiger partial charge in [0.2, 0.25) is 16.0 Å². The lowest BCUT2D eigenvalue weighted by atomic mass is 10.2. The van der Waals surface area contributed by atoms with E-state index in [0.717, 1.165) is 23.2 Å². The van der Waals surface area contributed by atoms with E-state index in [2.05, 4.69) is 35.2 Å². The second-order valence-electron chi connectivity index (χ2n) is 7.82. The van der Waals surface area contributed by atoms with E-state index in [-0.39, 0.29) is 10.8 Å². The number of morpholine rings is 1. The molecule has 14 heteroatoms. The molecule has 3 aromatic rings. The maximum atomic E-state index is 11.4. The van der Waals surface area contributed by atoms with Crippen LogP contribution in [0.25, 0.3) is 0 Å². The SMILES string of the molecule is Cc1nc(Nc2nc(NCc3ccc(NS(C)(=O)=O)cc3)cc(N3CCOCC3)n2)sc1C(=O)O. The smallest absolute Gasteiger partial charge is 0.347 e. The third-order valence-corrected chi connectivity index (χ3v) is 6.66. The van der Waals surface area contributed by atoms with Crippen LogP contribution in [0.1, 0.15) is 20.9 Å². The number of aromatic carboxylic acids is 1. The first-order chi connectivity index (χ1) is 16.7. The highest BCUT2D eigenvalue weighted by atomic mass is 32.2. The Morgan fingerprint density at radius 2 is 1.89 bits per heavy atom. The molecule has 0 unspecified atom stereocenters. The lowest BCUT2D eigenvalue weighted by Gasteiger charge is -2.28. The number of thiazole rings is 1. The van der Waals surface area contributed by atoms with Crippen LogP contribution in [-0.4, -0.2) is 67.0 Å². The number of ether oxygens (including phenoxy) is 1. The Morgan fingerprint density at radius 1 is 1.17 bits per heavy atom. The average molecular weight is 520 g/mol. The number of carbonyl (C=O) groups is 1. The summed E-state index contributed by atoms with van der Waals surface area (Å²) in [4.78, 5) is 27.0. The summed E-state index contributed by atoms with van der Waals surface area (Å²) in [6.07, 6.45) is 1.10. The standard InChI is InChI=1S/C21H25N7O5S2/c1-13-18(19(29)30)34-21(23-13)26-20-24-16(11-17(25-20)28-7-9-33-10-8-28)22-12-14-3-5-15(6-4-14)27-35(2,31)32/h3-6,11,27H,7-10,12H2,1-2H3,(H,29,30)(H2,22,23,24,25,26). The zero-order valence-corrected chi connectivity index (χ0v) is 20.7. The molecule has 0 spiro atoms. The fourth-order valence-electron chi connectivity index (χ4n) is 3.38. The molecule has 35 heavy (non-hydrogen) atoms. The van der Waals surface area contributed by atoms with Gasteiger partial charge in [-0.2, -0.15) is 9.97 Å². The Morgan fingerprint density at radius 3 is 2.51 bits per heavy atom. The summed E-state index contributed by atoms with van der Waals surface area (Å²) in [7, 11) is -3.34. The van der Waals surface area contributed by atoms with E-state index in [1.54, 1.807) is 19.1 Å². The summed E-state index contributed by atoms with van der Waals surface area (Å²) in [6, 6.07) is 8.85. The summed E-state index contributed by atoms with van der Waals surface area (Å²) in [5.41, 5.74) is 1.83. The van der Waals surface area contributed by atoms with Crippen LogP contribution in [0.3, 0.4) is 0 Å². The van der Waals surface area contributed by atoms with Crippen LogP contribution in [0.4, 0.5) is 28.4 Å². The van der Waals surface area contributed by atoms with E-state index in [1.807, 2.05) is 18.2 Å². The monoisotopic (exact) mass is 519 g/mol. The number of rotatable bonds is 9. The van der Waals surface area contributed by atoms with Crippen LogP contribution in [0, 0.1) is 6.92 Å². The van der Waals surface area contributed by atoms with Gasteiger partial charge in [-0.25, -0.2) is 18.2 Å². The van der Waals surface area contributed by atoms with Gasteiger partial charge in [-0.3, -0.25) is 10.0 Å². The van der Waals surface area contributed by atoms with Crippen molar-refractivity contribution in [2.75, 3.05) is 52.8 Å². The zero-order valence-electron chi connectivity index (χ0n) is 19.1. The van der Waals surface area contributed by atoms with E-state index >= 15 is 0 Å². The van der Waals surface area contributed by atoms with Gasteiger partial charge in [0, 0.05) is 31.4 Å². The molecule has 0 bridgehead atoms. The van der Waals surface area contributed by atoms with Gasteiger partial charge in [-0.05, 0) is 24.6 Å². The van der Waals surface area contributed by atoms with E-state index in [1.165, 1.54) is 0 Å². The van der Waals surface area contributed by atoms with Gasteiger partial charge in [0.25, 0.3) is 0 Å². The van der Waals surface area contributed by atoms with Crippen molar-refractivity contribution in [1.82, 2.24) is 15.0 Å². The molecule has 1 fully saturated rings. The van der Waals surface area contributed by atoms with Gasteiger partial charge in [-0.15, -0.1) is 0 Å². The molecule has 0 amide bonds. The Kier molecular flexibility index (Phi) is 7.33. The predicted octanol–water partition coefficient (Wildman–Crippen LogP) is 2.50. The third-order valence-electron chi connectivity index (χ3n) is 4.99. The topological polar surface area (TPSA) is 159 Å². The number of benzene rings is 1. The number of sulfonamides is 1. The average Bonchev–Trinajstić information content (AvgIpc) is 3.18. The van der Waals surface area contributed by atoms with Crippen LogP contribution in [0.15, 0.2) is 30.3 Å². The molecule has 0 radical (unpaired) electrons. The number of carboxylic acids is 1. The van der Waals surface area contributed by atoms with Crippen LogP contribution < -0.4 is 20.3 Å². The first-order valence-corrected chi connectivity index (χ1v) is 13.4. The normalized spacial score (nSPS) is 13.9. The minimum atomic E-state index is -3.34. The van der Waals surface area contributed by atoms with Crippen LogP contribution in [-0.2, 0) is 21.3 Å². The lowest BCUT2D eigenvalue weighted by molar-refractivity contribution is 0.0701. The van der Waals surface area contributed by atoms with Crippen molar-refractivity contribution in [1.29, 1.82) is 0 Å². The number of aromatic nitrogens is 3. The van der Waals surface area contributed by atoms with E-state index in [9.17, 15) is 18.3 Å². The van der Waals surface area contributed by atoms with Crippen molar-refractivity contribution in [3.8, 4) is 0 Å². The van der Waals surface area contributed by atoms with Gasteiger partial charge in [0.15, 0.2) is 5.13 Å². The summed E-state index contributed by atoms with van der Waals surface area (Å²) >= 11 is 1.02. The van der Waals surface area contributed by atoms with Crippen molar-refractivity contribution in [2.45, 2.75) is 13.5 Å². The second-order valence-corrected chi connectivity index (χ2v) is 10.6. The highest BCUT2D eigenvalue weighted by molar-refractivity contribution is 7.92. The quantitative estimate of drug-likeness (QED) is 0.329. The molecule has 12 nitrogen and oxygen atoms in total. The third kappa shape index (κ3) is 6.77. The summed E-state index contributed by atoms with van der Waals surface area (Å²) in [5, 5.41) is 16.0. The van der Waals surface area contributed by atoms with Gasteiger partial charge in [0.05, 0.1) is 25.2 Å². The Balaban J connectivity index is 1.53. The largest absolute Gasteiger partial charge is 0.477 e. The summed E-state index contributed by atoms with van der Waals surface area (Å²) < 4.78 is 30.6. The van der Waals surface area contributed by atoms with E-state index in [0.29, 0.717) is 61.0 Å². The number of anilines is 5. The molecule has 4 N–H and O–H groups in total. The van der Waals surface area contributed by atoms with Gasteiger partial charge < -0.3 is 20.1 Å². The molecule has 2 aromatic heterocycles. The molecular weight excluding hydrogens is 494 g/mol. The lowest BCUT2D eigenvalue weighted by Crippen LogP contribution is -2.36. The van der Waals surface area contributed by atoms with E-state index in [4.69, 9.17) is 4.74 Å². The van der Waals surface area contributed by atoms with Crippen molar-refractivity contribution < 1.29 is 23.1 Å². The summed E-state index contributed by atoms with van der Waals surface area (Å²) in [5.74, 6) is 0.521. The van der Waals surface area contributed by atoms with Crippen molar-refractivity contribution in [2.24, 2.45) is 0 Å². The van der Waals surface area contributed by atoms with Crippen molar-refractivity contribution in [3.05, 3.63) is 46.5 Å². The van der Waals surface area contributed by atoms with Gasteiger partial charge >= 0.3 is 5.97 Å². The molecule has 1 aliphatic rings. The van der Waals surface area contributed by atoms with Crippen LogP contribution in [0.5, 0.6) is 0 Å². The first kappa shape index (κ1) is 24.6. The number of aryl methyl sites for hydroxylation is 1. The molecule has 1 aliphatic heterocycles. The molecule has 0 atom stereocenters. The fraction of sp³-hybridized carbons (Fsp3) is 0.333. The van der Waals surface area contributed by atoms with Crippen molar-refractivity contribution >= 4 is 55.7 Å². The highest BCUT2D eigenvalue weighted by Gasteiger charge is 2.18. The fourth-order valence-corrected chi connectivity index (χ4v) is 4.74. The maximum absolute atomic E-state index is 11.4. The minimum absolute atomic E-state index is 0.156. The Labute approximate surface area is 206 Å². The number of hydrogen-bond donors (Lipinski definition) is 4. The molecule has 1 saturated heterocycles. The van der Waals surface area contributed by atoms with Gasteiger partial charge in [-0.1, -0.05) is 23.5 Å². The second kappa shape index (κ2) is 10.4. The van der Waals surface area contributed by atoms with Crippen LogP contribution in [0.2, 0.25) is 0 Å². The molecule has 4 rings (SSSR count). The number of hydrogen-bond acceptors (Lipinski definition) is 11. The minimum Gasteiger partial charge on any atom is -0.477 e. The number of nitrogens with zero attached hydrogens (tertiary/aromatic N) is 4. The molecule has 0 aliphatic carbocycles. The molecule has 186 valence electrons. The molecular formula is C21H25N7O5S2. The summed E-state index contributed by atoms with van der Waals surface area (Å²) in [6.45, 7) is 4.64. The highest BCUT2D eigenvalue weighted by Crippen LogP contribution is 2.27. The predicted molar refractivity (Wildman–Crippen MR) is 134 cm³/mol. The number of nitrogens with one attached hydrogen (secondary N) is 3. The van der Waals surface area contributed by atoms with E-state index < -0.39 is 16.0 Å². The number of carboxylic acid groups (broad SMARTS) is 1. The zero-order chi connectivity index (χ0) is 25.0. The van der Waals surface area contributed by atoms with Crippen molar-refractivity contribution in [3.63, 3.8) is 0 Å². The maximum Gasteiger partial charge on any atom is 0.347 e. The Bertz CT molecular complexity index is 1310. The molecule has 0 saturated carbocycles. The first-order valence-electron chi connectivity index (χ1n) is 10.7. The van der Waals surface area contributed by atoms with Crippen LogP contribution >= 0.6 is 11.3 Å². The molecule has 3 heterocycles. The van der Waals surface area contributed by atoms with Gasteiger partial charge in [0.1, 0.15) is 16.5 Å². The molecule has 1 aromatic carbocycles.